The first kappa shape index (κ1) is 15.4. The molecule has 0 spiro atoms. The Balaban J connectivity index is 2.31. The molecule has 0 fully saturated rings. The second kappa shape index (κ2) is 6.18. The smallest absolute Gasteiger partial charge is 0.248 e. The predicted octanol–water partition coefficient (Wildman–Crippen LogP) is 3.33. The zero-order valence-corrected chi connectivity index (χ0v) is 13.6. The van der Waals surface area contributed by atoms with E-state index in [2.05, 4.69) is 27.8 Å². The second-order valence-electron chi connectivity index (χ2n) is 4.99. The highest BCUT2D eigenvalue weighted by Crippen LogP contribution is 2.32. The van der Waals surface area contributed by atoms with Gasteiger partial charge in [-0.25, -0.2) is 0 Å². The van der Waals surface area contributed by atoms with Gasteiger partial charge in [-0.05, 0) is 58.7 Å². The van der Waals surface area contributed by atoms with Crippen LogP contribution in [0.3, 0.4) is 0 Å². The lowest BCUT2D eigenvalue weighted by atomic mass is 10.1. The first-order valence-corrected chi connectivity index (χ1v) is 7.37. The number of rotatable bonds is 4. The third kappa shape index (κ3) is 3.36. The fourth-order valence-electron chi connectivity index (χ4n) is 2.20. The molecule has 21 heavy (non-hydrogen) atoms. The molecule has 1 amide bonds. The molecule has 0 aliphatic heterocycles. The van der Waals surface area contributed by atoms with Crippen LogP contribution in [0.1, 0.15) is 28.9 Å². The van der Waals surface area contributed by atoms with Crippen molar-refractivity contribution >= 4 is 33.2 Å². The molecule has 0 saturated carbocycles. The number of hydrogen-bond donors (Lipinski definition) is 2. The van der Waals surface area contributed by atoms with E-state index in [9.17, 15) is 4.79 Å². The van der Waals surface area contributed by atoms with Crippen LogP contribution in [0.15, 0.2) is 46.9 Å². The van der Waals surface area contributed by atoms with Crippen LogP contribution in [-0.2, 0) is 0 Å². The maximum atomic E-state index is 11.2. The van der Waals surface area contributed by atoms with Crippen molar-refractivity contribution in [3.8, 4) is 0 Å². The Hall–Kier alpha value is -2.01. The highest BCUT2D eigenvalue weighted by Gasteiger charge is 2.16. The monoisotopic (exact) mass is 347 g/mol. The predicted molar refractivity (Wildman–Crippen MR) is 90.3 cm³/mol. The summed E-state index contributed by atoms with van der Waals surface area (Å²) in [5.41, 5.74) is 14.5. The van der Waals surface area contributed by atoms with Crippen LogP contribution < -0.4 is 16.4 Å². The van der Waals surface area contributed by atoms with E-state index in [1.165, 1.54) is 0 Å². The number of halogens is 1. The van der Waals surface area contributed by atoms with Gasteiger partial charge in [0.25, 0.3) is 0 Å². The normalized spacial score (nSPS) is 12.0. The van der Waals surface area contributed by atoms with Crippen LogP contribution in [0.5, 0.6) is 0 Å². The van der Waals surface area contributed by atoms with Crippen molar-refractivity contribution in [1.82, 2.24) is 0 Å². The number of anilines is 2. The Morgan fingerprint density at radius 3 is 2.52 bits per heavy atom. The van der Waals surface area contributed by atoms with E-state index >= 15 is 0 Å². The van der Waals surface area contributed by atoms with Gasteiger partial charge in [0.2, 0.25) is 5.91 Å². The molecule has 2 aromatic carbocycles. The van der Waals surface area contributed by atoms with Crippen LogP contribution >= 0.6 is 15.9 Å². The average molecular weight is 348 g/mol. The summed E-state index contributed by atoms with van der Waals surface area (Å²) >= 11 is 3.50. The van der Waals surface area contributed by atoms with E-state index in [4.69, 9.17) is 11.5 Å². The fourth-order valence-corrected chi connectivity index (χ4v) is 2.86. The molecule has 5 heteroatoms. The topological polar surface area (TPSA) is 72.3 Å². The van der Waals surface area contributed by atoms with E-state index in [-0.39, 0.29) is 6.04 Å². The second-order valence-corrected chi connectivity index (χ2v) is 5.84. The van der Waals surface area contributed by atoms with Gasteiger partial charge in [-0.1, -0.05) is 12.1 Å². The summed E-state index contributed by atoms with van der Waals surface area (Å²) in [5, 5.41) is 0. The van der Waals surface area contributed by atoms with Crippen LogP contribution in [0.2, 0.25) is 0 Å². The molecule has 4 nitrogen and oxygen atoms in total. The van der Waals surface area contributed by atoms with Crippen molar-refractivity contribution in [3.63, 3.8) is 0 Å². The van der Waals surface area contributed by atoms with Crippen molar-refractivity contribution in [2.75, 3.05) is 17.7 Å². The number of carbonyl (C=O) groups is 1. The maximum absolute atomic E-state index is 11.2. The minimum Gasteiger partial charge on any atom is -0.399 e. The van der Waals surface area contributed by atoms with E-state index in [1.54, 1.807) is 12.1 Å². The molecule has 0 saturated heterocycles. The lowest BCUT2D eigenvalue weighted by Crippen LogP contribution is -2.22. The molecule has 1 unspecified atom stereocenters. The van der Waals surface area contributed by atoms with Crippen molar-refractivity contribution < 1.29 is 4.79 Å². The molecule has 1 atom stereocenters. The standard InChI is InChI=1S/C16H18BrN3O/c1-10(11-4-3-5-13(18)8-11)20(2)15-7-6-12(16(19)21)9-14(15)17/h3-10H,18H2,1-2H3,(H2,19,21). The lowest BCUT2D eigenvalue weighted by molar-refractivity contribution is 0.100. The summed E-state index contributed by atoms with van der Waals surface area (Å²) in [6, 6.07) is 13.3. The maximum Gasteiger partial charge on any atom is 0.248 e. The quantitative estimate of drug-likeness (QED) is 0.833. The Morgan fingerprint density at radius 2 is 1.95 bits per heavy atom. The zero-order chi connectivity index (χ0) is 15.6. The third-order valence-electron chi connectivity index (χ3n) is 3.59. The number of hydrogen-bond acceptors (Lipinski definition) is 3. The summed E-state index contributed by atoms with van der Waals surface area (Å²) in [7, 11) is 2.00. The Labute approximate surface area is 132 Å². The molecule has 0 bridgehead atoms. The number of benzene rings is 2. The zero-order valence-electron chi connectivity index (χ0n) is 12.0. The van der Waals surface area contributed by atoms with Crippen molar-refractivity contribution in [2.45, 2.75) is 13.0 Å². The Morgan fingerprint density at radius 1 is 1.24 bits per heavy atom. The van der Waals surface area contributed by atoms with Gasteiger partial charge in [0.05, 0.1) is 11.7 Å². The van der Waals surface area contributed by atoms with Gasteiger partial charge < -0.3 is 16.4 Å². The molecule has 110 valence electrons. The summed E-state index contributed by atoms with van der Waals surface area (Å²) < 4.78 is 0.831. The van der Waals surface area contributed by atoms with Gasteiger partial charge in [0.1, 0.15) is 0 Å². The fraction of sp³-hybridized carbons (Fsp3) is 0.188. The van der Waals surface area contributed by atoms with E-state index in [1.807, 2.05) is 37.4 Å². The summed E-state index contributed by atoms with van der Waals surface area (Å²) in [6.45, 7) is 2.10. The molecule has 2 aromatic rings. The van der Waals surface area contributed by atoms with Crippen molar-refractivity contribution in [1.29, 1.82) is 0 Å². The summed E-state index contributed by atoms with van der Waals surface area (Å²) in [4.78, 5) is 13.3. The minimum atomic E-state index is -0.436. The lowest BCUT2D eigenvalue weighted by Gasteiger charge is -2.28. The third-order valence-corrected chi connectivity index (χ3v) is 4.22. The van der Waals surface area contributed by atoms with Crippen molar-refractivity contribution in [2.24, 2.45) is 5.73 Å². The molecule has 0 aliphatic rings. The number of carbonyl (C=O) groups excluding carboxylic acids is 1. The molecule has 0 aliphatic carbocycles. The highest BCUT2D eigenvalue weighted by molar-refractivity contribution is 9.10. The first-order chi connectivity index (χ1) is 9.90. The molecule has 0 heterocycles. The molecular formula is C16H18BrN3O. The largest absolute Gasteiger partial charge is 0.399 e. The highest BCUT2D eigenvalue weighted by atomic mass is 79.9. The first-order valence-electron chi connectivity index (χ1n) is 6.57. The van der Waals surface area contributed by atoms with E-state index in [0.29, 0.717) is 5.56 Å². The Kier molecular flexibility index (Phi) is 4.53. The van der Waals surface area contributed by atoms with E-state index < -0.39 is 5.91 Å². The van der Waals surface area contributed by atoms with Gasteiger partial charge in [0, 0.05) is 22.8 Å². The van der Waals surface area contributed by atoms with Crippen LogP contribution in [0.4, 0.5) is 11.4 Å². The summed E-state index contributed by atoms with van der Waals surface area (Å²) in [5.74, 6) is -0.436. The van der Waals surface area contributed by atoms with Crippen molar-refractivity contribution in [3.05, 3.63) is 58.1 Å². The van der Waals surface area contributed by atoms with Gasteiger partial charge in [-0.3, -0.25) is 4.79 Å². The average Bonchev–Trinajstić information content (AvgIpc) is 2.45. The van der Waals surface area contributed by atoms with Gasteiger partial charge >= 0.3 is 0 Å². The van der Waals surface area contributed by atoms with Crippen LogP contribution in [0.25, 0.3) is 0 Å². The molecular weight excluding hydrogens is 330 g/mol. The minimum absolute atomic E-state index is 0.143. The molecule has 2 rings (SSSR count). The van der Waals surface area contributed by atoms with Gasteiger partial charge in [-0.15, -0.1) is 0 Å². The van der Waals surface area contributed by atoms with Crippen LogP contribution in [0, 0.1) is 0 Å². The number of nitrogens with two attached hydrogens (primary N) is 2. The number of primary amides is 1. The molecule has 0 radical (unpaired) electrons. The number of nitrogen functional groups attached to an aromatic ring is 1. The number of amides is 1. The van der Waals surface area contributed by atoms with Gasteiger partial charge in [0.15, 0.2) is 0 Å². The molecule has 0 aromatic heterocycles. The SMILES string of the molecule is CC(c1cccc(N)c1)N(C)c1ccc(C(N)=O)cc1Br. The Bertz CT molecular complexity index is 672. The van der Waals surface area contributed by atoms with E-state index in [0.717, 1.165) is 21.4 Å². The summed E-state index contributed by atoms with van der Waals surface area (Å²) in [6.07, 6.45) is 0. The van der Waals surface area contributed by atoms with Gasteiger partial charge in [-0.2, -0.15) is 0 Å². The van der Waals surface area contributed by atoms with Crippen LogP contribution in [-0.4, -0.2) is 13.0 Å². The molecule has 4 N–H and O–H groups in total. The number of nitrogens with zero attached hydrogens (tertiary/aromatic N) is 1.